The first kappa shape index (κ1) is 18.4. The Morgan fingerprint density at radius 2 is 1.77 bits per heavy atom. The SMILES string of the molecule is C=CCC[C@H](O)CN(Cc1ccc(F)cc1)Cc1ccc2c(c1)OCO2. The van der Waals surface area contributed by atoms with Crippen LogP contribution < -0.4 is 9.47 Å². The normalized spacial score (nSPS) is 13.8. The van der Waals surface area contributed by atoms with Gasteiger partial charge < -0.3 is 14.6 Å². The topological polar surface area (TPSA) is 41.9 Å². The molecule has 138 valence electrons. The number of ether oxygens (including phenoxy) is 2. The lowest BCUT2D eigenvalue weighted by Crippen LogP contribution is -2.31. The van der Waals surface area contributed by atoms with E-state index in [4.69, 9.17) is 9.47 Å². The van der Waals surface area contributed by atoms with Crippen LogP contribution >= 0.6 is 0 Å². The summed E-state index contributed by atoms with van der Waals surface area (Å²) in [6.45, 7) is 5.76. The van der Waals surface area contributed by atoms with Crippen LogP contribution in [0.4, 0.5) is 4.39 Å². The molecule has 0 unspecified atom stereocenters. The number of fused-ring (bicyclic) bond motifs is 1. The number of aliphatic hydroxyl groups excluding tert-OH is 1. The van der Waals surface area contributed by atoms with Crippen molar-refractivity contribution >= 4 is 0 Å². The van der Waals surface area contributed by atoms with Gasteiger partial charge in [-0.1, -0.05) is 24.3 Å². The summed E-state index contributed by atoms with van der Waals surface area (Å²) in [6.07, 6.45) is 2.81. The summed E-state index contributed by atoms with van der Waals surface area (Å²) < 4.78 is 24.0. The van der Waals surface area contributed by atoms with Crippen LogP contribution in [0.25, 0.3) is 0 Å². The molecule has 0 amide bonds. The third kappa shape index (κ3) is 5.07. The van der Waals surface area contributed by atoms with Gasteiger partial charge in [-0.15, -0.1) is 6.58 Å². The Morgan fingerprint density at radius 3 is 2.54 bits per heavy atom. The molecule has 3 rings (SSSR count). The molecule has 4 nitrogen and oxygen atoms in total. The predicted molar refractivity (Wildman–Crippen MR) is 98.5 cm³/mol. The maximum absolute atomic E-state index is 13.2. The maximum Gasteiger partial charge on any atom is 0.231 e. The molecule has 0 saturated heterocycles. The van der Waals surface area contributed by atoms with E-state index in [9.17, 15) is 9.50 Å². The van der Waals surface area contributed by atoms with Crippen molar-refractivity contribution in [3.05, 3.63) is 72.1 Å². The minimum absolute atomic E-state index is 0.248. The smallest absolute Gasteiger partial charge is 0.231 e. The largest absolute Gasteiger partial charge is 0.454 e. The molecule has 1 N–H and O–H groups in total. The number of halogens is 1. The van der Waals surface area contributed by atoms with Crippen molar-refractivity contribution in [3.8, 4) is 11.5 Å². The van der Waals surface area contributed by atoms with Gasteiger partial charge in [-0.05, 0) is 48.2 Å². The Labute approximate surface area is 153 Å². The van der Waals surface area contributed by atoms with Crippen molar-refractivity contribution in [3.63, 3.8) is 0 Å². The maximum atomic E-state index is 13.2. The van der Waals surface area contributed by atoms with Crippen LogP contribution in [0.5, 0.6) is 11.5 Å². The van der Waals surface area contributed by atoms with E-state index in [-0.39, 0.29) is 12.6 Å². The third-order valence-electron chi connectivity index (χ3n) is 4.34. The minimum Gasteiger partial charge on any atom is -0.454 e. The standard InChI is InChI=1S/C21H24FNO3/c1-2-3-4-19(24)14-23(12-16-5-8-18(22)9-6-16)13-17-7-10-20-21(11-17)26-15-25-20/h2,5-11,19,24H,1,3-4,12-15H2/t19-/m0/s1. The predicted octanol–water partition coefficient (Wildman–Crippen LogP) is 3.88. The van der Waals surface area contributed by atoms with Gasteiger partial charge in [0.1, 0.15) is 5.82 Å². The lowest BCUT2D eigenvalue weighted by atomic mass is 10.1. The molecule has 0 radical (unpaired) electrons. The molecule has 0 aliphatic carbocycles. The van der Waals surface area contributed by atoms with Crippen LogP contribution in [-0.2, 0) is 13.1 Å². The number of hydrogen-bond donors (Lipinski definition) is 1. The van der Waals surface area contributed by atoms with Crippen molar-refractivity contribution in [2.75, 3.05) is 13.3 Å². The summed E-state index contributed by atoms with van der Waals surface area (Å²) in [4.78, 5) is 2.15. The van der Waals surface area contributed by atoms with Crippen molar-refractivity contribution in [2.24, 2.45) is 0 Å². The van der Waals surface area contributed by atoms with Crippen molar-refractivity contribution in [2.45, 2.75) is 32.0 Å². The number of allylic oxidation sites excluding steroid dienone is 1. The van der Waals surface area contributed by atoms with Gasteiger partial charge in [-0.25, -0.2) is 4.39 Å². The molecule has 1 aliphatic rings. The van der Waals surface area contributed by atoms with Gasteiger partial charge in [0.25, 0.3) is 0 Å². The molecule has 0 spiro atoms. The highest BCUT2D eigenvalue weighted by Crippen LogP contribution is 2.33. The fourth-order valence-corrected chi connectivity index (χ4v) is 3.03. The molecule has 1 aliphatic heterocycles. The van der Waals surface area contributed by atoms with E-state index in [1.807, 2.05) is 24.3 Å². The van der Waals surface area contributed by atoms with Gasteiger partial charge in [0, 0.05) is 19.6 Å². The lowest BCUT2D eigenvalue weighted by molar-refractivity contribution is 0.0983. The molecule has 0 fully saturated rings. The van der Waals surface area contributed by atoms with Gasteiger partial charge in [0.15, 0.2) is 11.5 Å². The molecule has 0 aromatic heterocycles. The van der Waals surface area contributed by atoms with Crippen LogP contribution in [0.3, 0.4) is 0 Å². The van der Waals surface area contributed by atoms with E-state index in [0.29, 0.717) is 26.1 Å². The molecular weight excluding hydrogens is 333 g/mol. The van der Waals surface area contributed by atoms with E-state index >= 15 is 0 Å². The zero-order valence-corrected chi connectivity index (χ0v) is 14.7. The monoisotopic (exact) mass is 357 g/mol. The highest BCUT2D eigenvalue weighted by Gasteiger charge is 2.17. The molecule has 1 atom stereocenters. The molecule has 0 saturated carbocycles. The summed E-state index contributed by atoms with van der Waals surface area (Å²) in [5, 5.41) is 10.3. The Balaban J connectivity index is 1.70. The van der Waals surface area contributed by atoms with E-state index in [1.54, 1.807) is 12.1 Å². The quantitative estimate of drug-likeness (QED) is 0.692. The highest BCUT2D eigenvalue weighted by atomic mass is 19.1. The van der Waals surface area contributed by atoms with Gasteiger partial charge in [-0.2, -0.15) is 0 Å². The number of nitrogens with zero attached hydrogens (tertiary/aromatic N) is 1. The Hall–Kier alpha value is -2.37. The number of rotatable bonds is 9. The van der Waals surface area contributed by atoms with Crippen LogP contribution in [0, 0.1) is 5.82 Å². The highest BCUT2D eigenvalue weighted by molar-refractivity contribution is 5.44. The molecule has 5 heteroatoms. The van der Waals surface area contributed by atoms with Crippen LogP contribution in [-0.4, -0.2) is 29.4 Å². The molecular formula is C21H24FNO3. The van der Waals surface area contributed by atoms with Gasteiger partial charge in [-0.3, -0.25) is 4.90 Å². The fraction of sp³-hybridized carbons (Fsp3) is 0.333. The fourth-order valence-electron chi connectivity index (χ4n) is 3.03. The second kappa shape index (κ2) is 8.83. The first-order valence-electron chi connectivity index (χ1n) is 8.78. The van der Waals surface area contributed by atoms with E-state index < -0.39 is 6.10 Å². The Kier molecular flexibility index (Phi) is 6.26. The second-order valence-corrected chi connectivity index (χ2v) is 6.50. The molecule has 26 heavy (non-hydrogen) atoms. The van der Waals surface area contributed by atoms with Crippen molar-refractivity contribution < 1.29 is 19.0 Å². The van der Waals surface area contributed by atoms with Gasteiger partial charge in [0.2, 0.25) is 6.79 Å². The number of hydrogen-bond acceptors (Lipinski definition) is 4. The number of aliphatic hydroxyl groups is 1. The summed E-state index contributed by atoms with van der Waals surface area (Å²) in [5.41, 5.74) is 2.08. The Bertz CT molecular complexity index is 733. The second-order valence-electron chi connectivity index (χ2n) is 6.50. The Morgan fingerprint density at radius 1 is 1.08 bits per heavy atom. The van der Waals surface area contributed by atoms with E-state index in [0.717, 1.165) is 29.0 Å². The summed E-state index contributed by atoms with van der Waals surface area (Å²) >= 11 is 0. The third-order valence-corrected chi connectivity index (χ3v) is 4.34. The minimum atomic E-state index is -0.442. The average molecular weight is 357 g/mol. The zero-order valence-electron chi connectivity index (χ0n) is 14.7. The molecule has 2 aromatic rings. The summed E-state index contributed by atoms with van der Waals surface area (Å²) in [7, 11) is 0. The van der Waals surface area contributed by atoms with E-state index in [2.05, 4.69) is 11.5 Å². The van der Waals surface area contributed by atoms with Gasteiger partial charge >= 0.3 is 0 Å². The summed E-state index contributed by atoms with van der Waals surface area (Å²) in [5.74, 6) is 1.25. The zero-order chi connectivity index (χ0) is 18.4. The van der Waals surface area contributed by atoms with E-state index in [1.165, 1.54) is 12.1 Å². The first-order valence-corrected chi connectivity index (χ1v) is 8.78. The van der Waals surface area contributed by atoms with Crippen LogP contribution in [0.1, 0.15) is 24.0 Å². The van der Waals surface area contributed by atoms with Crippen molar-refractivity contribution in [1.29, 1.82) is 0 Å². The molecule has 2 aromatic carbocycles. The van der Waals surface area contributed by atoms with Gasteiger partial charge in [0.05, 0.1) is 6.10 Å². The average Bonchev–Trinajstić information content (AvgIpc) is 3.09. The lowest BCUT2D eigenvalue weighted by Gasteiger charge is -2.25. The first-order chi connectivity index (χ1) is 12.6. The van der Waals surface area contributed by atoms with Crippen molar-refractivity contribution in [1.82, 2.24) is 4.90 Å². The number of benzene rings is 2. The summed E-state index contributed by atoms with van der Waals surface area (Å²) in [6, 6.07) is 12.3. The van der Waals surface area contributed by atoms with Crippen LogP contribution in [0.2, 0.25) is 0 Å². The molecule has 1 heterocycles. The molecule has 0 bridgehead atoms. The van der Waals surface area contributed by atoms with Crippen LogP contribution in [0.15, 0.2) is 55.1 Å².